The van der Waals surface area contributed by atoms with Crippen LogP contribution in [-0.4, -0.2) is 5.50 Å². The second kappa shape index (κ2) is 3.45. The lowest BCUT2D eigenvalue weighted by molar-refractivity contribution is 0.555. The zero-order valence-electron chi connectivity index (χ0n) is 6.49. The first-order valence-electron chi connectivity index (χ1n) is 3.86. The molecule has 64 valence electrons. The molecule has 1 aromatic rings. The van der Waals surface area contributed by atoms with Crippen LogP contribution in [0.5, 0.6) is 0 Å². The van der Waals surface area contributed by atoms with Gasteiger partial charge in [-0.05, 0) is 5.56 Å². The second-order valence-electron chi connectivity index (χ2n) is 2.70. The van der Waals surface area contributed by atoms with Gasteiger partial charge in [0.05, 0.1) is 6.17 Å². The highest BCUT2D eigenvalue weighted by molar-refractivity contribution is 7.80. The van der Waals surface area contributed by atoms with Crippen LogP contribution in [0.25, 0.3) is 0 Å². The van der Waals surface area contributed by atoms with Gasteiger partial charge in [0.1, 0.15) is 5.50 Å². The summed E-state index contributed by atoms with van der Waals surface area (Å²) in [7, 11) is 0. The second-order valence-corrected chi connectivity index (χ2v) is 3.22. The molecule has 1 fully saturated rings. The van der Waals surface area contributed by atoms with Crippen molar-refractivity contribution in [3.05, 3.63) is 35.9 Å². The van der Waals surface area contributed by atoms with Crippen molar-refractivity contribution < 1.29 is 0 Å². The average molecular weight is 181 g/mol. The molecule has 0 radical (unpaired) electrons. The number of thiol groups is 1. The summed E-state index contributed by atoms with van der Waals surface area (Å²) in [5, 5.41) is 3.21. The van der Waals surface area contributed by atoms with E-state index in [0.717, 1.165) is 0 Å². The van der Waals surface area contributed by atoms with Crippen LogP contribution in [0, 0.1) is 0 Å². The molecule has 2 rings (SSSR count). The molecular weight excluding hydrogens is 170 g/mol. The minimum atomic E-state index is 0.0233. The molecule has 3 N–H and O–H groups in total. The van der Waals surface area contributed by atoms with E-state index in [9.17, 15) is 0 Å². The highest BCUT2D eigenvalue weighted by Gasteiger charge is 2.19. The molecule has 4 heteroatoms. The topological polar surface area (TPSA) is 36.1 Å². The fourth-order valence-electron chi connectivity index (χ4n) is 1.23. The van der Waals surface area contributed by atoms with Crippen LogP contribution in [0.15, 0.2) is 30.3 Å². The highest BCUT2D eigenvalue weighted by atomic mass is 32.1. The van der Waals surface area contributed by atoms with Crippen molar-refractivity contribution in [3.8, 4) is 0 Å². The number of hydrogen-bond acceptors (Lipinski definition) is 4. The monoisotopic (exact) mass is 181 g/mol. The Balaban J connectivity index is 2.11. The van der Waals surface area contributed by atoms with E-state index in [1.807, 2.05) is 18.2 Å². The Morgan fingerprint density at radius 3 is 2.42 bits per heavy atom. The number of hydrazine groups is 1. The maximum absolute atomic E-state index is 4.22. The largest absolute Gasteiger partial charge is 0.272 e. The van der Waals surface area contributed by atoms with Crippen molar-refractivity contribution in [1.29, 1.82) is 0 Å². The molecule has 0 saturated carbocycles. The van der Waals surface area contributed by atoms with E-state index in [4.69, 9.17) is 0 Å². The van der Waals surface area contributed by atoms with Crippen LogP contribution in [0.2, 0.25) is 0 Å². The quantitative estimate of drug-likeness (QED) is 0.479. The van der Waals surface area contributed by atoms with Crippen molar-refractivity contribution in [3.63, 3.8) is 0 Å². The Morgan fingerprint density at radius 2 is 1.83 bits per heavy atom. The van der Waals surface area contributed by atoms with Crippen LogP contribution >= 0.6 is 12.6 Å². The van der Waals surface area contributed by atoms with Crippen LogP contribution in [-0.2, 0) is 0 Å². The van der Waals surface area contributed by atoms with Crippen molar-refractivity contribution in [2.75, 3.05) is 0 Å². The van der Waals surface area contributed by atoms with Gasteiger partial charge in [0, 0.05) is 0 Å². The zero-order chi connectivity index (χ0) is 8.39. The summed E-state index contributed by atoms with van der Waals surface area (Å²) < 4.78 is 0. The van der Waals surface area contributed by atoms with Gasteiger partial charge in [0.25, 0.3) is 0 Å². The Hall–Kier alpha value is -0.550. The molecule has 1 aliphatic heterocycles. The van der Waals surface area contributed by atoms with Crippen LogP contribution < -0.4 is 16.2 Å². The predicted octanol–water partition coefficient (Wildman–Crippen LogP) is 0.596. The maximum atomic E-state index is 4.22. The van der Waals surface area contributed by atoms with E-state index >= 15 is 0 Å². The lowest BCUT2D eigenvalue weighted by atomic mass is 10.2. The summed E-state index contributed by atoms with van der Waals surface area (Å²) in [6.07, 6.45) is 0.161. The van der Waals surface area contributed by atoms with E-state index in [-0.39, 0.29) is 11.7 Å². The molecule has 0 spiro atoms. The molecule has 3 nitrogen and oxygen atoms in total. The molecule has 0 amide bonds. The lowest BCUT2D eigenvalue weighted by Gasteiger charge is -2.09. The molecule has 12 heavy (non-hydrogen) atoms. The summed E-state index contributed by atoms with van der Waals surface area (Å²) in [5.74, 6) is 0. The molecule has 0 aromatic heterocycles. The SMILES string of the molecule is SC1NNC(c2ccccc2)N1. The van der Waals surface area contributed by atoms with E-state index in [1.165, 1.54) is 5.56 Å². The number of hydrogen-bond donors (Lipinski definition) is 4. The van der Waals surface area contributed by atoms with Crippen molar-refractivity contribution in [2.24, 2.45) is 0 Å². The smallest absolute Gasteiger partial charge is 0.117 e. The molecular formula is C8H11N3S. The van der Waals surface area contributed by atoms with Crippen LogP contribution in [0.4, 0.5) is 0 Å². The van der Waals surface area contributed by atoms with Gasteiger partial charge in [-0.15, -0.1) is 12.6 Å². The first-order valence-corrected chi connectivity index (χ1v) is 4.38. The Bertz CT molecular complexity index is 252. The summed E-state index contributed by atoms with van der Waals surface area (Å²) in [6, 6.07) is 10.2. The molecule has 0 aliphatic carbocycles. The minimum absolute atomic E-state index is 0.0233. The lowest BCUT2D eigenvalue weighted by Crippen LogP contribution is -2.28. The minimum Gasteiger partial charge on any atom is -0.272 e. The van der Waals surface area contributed by atoms with Gasteiger partial charge in [-0.3, -0.25) is 5.32 Å². The Morgan fingerprint density at radius 1 is 1.08 bits per heavy atom. The van der Waals surface area contributed by atoms with E-state index in [2.05, 4.69) is 40.9 Å². The maximum Gasteiger partial charge on any atom is 0.117 e. The molecule has 2 unspecified atom stereocenters. The van der Waals surface area contributed by atoms with E-state index < -0.39 is 0 Å². The van der Waals surface area contributed by atoms with Gasteiger partial charge in [-0.1, -0.05) is 30.3 Å². The third-order valence-corrected chi connectivity index (χ3v) is 2.10. The van der Waals surface area contributed by atoms with Crippen molar-refractivity contribution >= 4 is 12.6 Å². The first-order chi connectivity index (χ1) is 5.86. The van der Waals surface area contributed by atoms with Crippen molar-refractivity contribution in [1.82, 2.24) is 16.2 Å². The normalized spacial score (nSPS) is 29.1. The first kappa shape index (κ1) is 8.07. The summed E-state index contributed by atoms with van der Waals surface area (Å²) in [4.78, 5) is 0. The molecule has 1 aliphatic rings. The predicted molar refractivity (Wildman–Crippen MR) is 51.4 cm³/mol. The molecule has 1 heterocycles. The van der Waals surface area contributed by atoms with Gasteiger partial charge >= 0.3 is 0 Å². The average Bonchev–Trinajstić information content (AvgIpc) is 2.54. The number of nitrogens with one attached hydrogen (secondary N) is 3. The van der Waals surface area contributed by atoms with E-state index in [1.54, 1.807) is 0 Å². The Kier molecular flexibility index (Phi) is 2.32. The highest BCUT2D eigenvalue weighted by Crippen LogP contribution is 2.12. The number of benzene rings is 1. The summed E-state index contributed by atoms with van der Waals surface area (Å²) >= 11 is 4.22. The van der Waals surface area contributed by atoms with Gasteiger partial charge in [-0.2, -0.15) is 0 Å². The molecule has 0 bridgehead atoms. The molecule has 1 saturated heterocycles. The van der Waals surface area contributed by atoms with E-state index in [0.29, 0.717) is 0 Å². The fourth-order valence-corrected chi connectivity index (χ4v) is 1.45. The third-order valence-electron chi connectivity index (χ3n) is 1.82. The third kappa shape index (κ3) is 1.61. The van der Waals surface area contributed by atoms with Gasteiger partial charge in [-0.25, -0.2) is 10.9 Å². The molecule has 2 atom stereocenters. The van der Waals surface area contributed by atoms with Crippen LogP contribution in [0.3, 0.4) is 0 Å². The number of rotatable bonds is 1. The molecule has 1 aromatic carbocycles. The summed E-state index contributed by atoms with van der Waals surface area (Å²) in [6.45, 7) is 0. The Labute approximate surface area is 76.9 Å². The standard InChI is InChI=1S/C8H11N3S/c12-8-9-7(10-11-8)6-4-2-1-3-5-6/h1-5,7-12H. The van der Waals surface area contributed by atoms with Crippen LogP contribution in [0.1, 0.15) is 11.7 Å². The fraction of sp³-hybridized carbons (Fsp3) is 0.250. The van der Waals surface area contributed by atoms with Gasteiger partial charge < -0.3 is 0 Å². The zero-order valence-corrected chi connectivity index (χ0v) is 7.38. The van der Waals surface area contributed by atoms with Crippen molar-refractivity contribution in [2.45, 2.75) is 11.7 Å². The summed E-state index contributed by atoms with van der Waals surface area (Å²) in [5.41, 5.74) is 7.29. The van der Waals surface area contributed by atoms with Gasteiger partial charge in [0.2, 0.25) is 0 Å². The van der Waals surface area contributed by atoms with Gasteiger partial charge in [0.15, 0.2) is 0 Å².